The van der Waals surface area contributed by atoms with Gasteiger partial charge in [-0.1, -0.05) is 19.4 Å². The summed E-state index contributed by atoms with van der Waals surface area (Å²) in [6, 6.07) is 9.28. The molecule has 1 heterocycles. The number of benzene rings is 1. The Morgan fingerprint density at radius 2 is 2.07 bits per heavy atom. The first-order chi connectivity index (χ1) is 7.29. The summed E-state index contributed by atoms with van der Waals surface area (Å²) in [5, 5.41) is 1.00. The SMILES string of the molecule is CCCCc1ccc2oc(=O)ccc2c1. The minimum atomic E-state index is -0.288. The Labute approximate surface area is 88.5 Å². The van der Waals surface area contributed by atoms with Gasteiger partial charge in [-0.05, 0) is 36.6 Å². The van der Waals surface area contributed by atoms with Crippen LogP contribution < -0.4 is 5.63 Å². The molecule has 2 rings (SSSR count). The van der Waals surface area contributed by atoms with Crippen molar-refractivity contribution in [1.29, 1.82) is 0 Å². The molecule has 0 unspecified atom stereocenters. The summed E-state index contributed by atoms with van der Waals surface area (Å²) < 4.78 is 5.07. The molecule has 0 saturated carbocycles. The van der Waals surface area contributed by atoms with Crippen LogP contribution in [0, 0.1) is 0 Å². The molecule has 2 nitrogen and oxygen atoms in total. The monoisotopic (exact) mass is 202 g/mol. The summed E-state index contributed by atoms with van der Waals surface area (Å²) in [7, 11) is 0. The van der Waals surface area contributed by atoms with Crippen molar-refractivity contribution in [3.05, 3.63) is 46.3 Å². The van der Waals surface area contributed by atoms with E-state index < -0.39 is 0 Å². The first-order valence-electron chi connectivity index (χ1n) is 5.32. The second-order valence-corrected chi connectivity index (χ2v) is 3.73. The Morgan fingerprint density at radius 1 is 1.20 bits per heavy atom. The Balaban J connectivity index is 2.39. The van der Waals surface area contributed by atoms with E-state index in [1.807, 2.05) is 18.2 Å². The van der Waals surface area contributed by atoms with E-state index in [9.17, 15) is 4.79 Å². The summed E-state index contributed by atoms with van der Waals surface area (Å²) in [5.41, 5.74) is 1.68. The van der Waals surface area contributed by atoms with Gasteiger partial charge in [0.2, 0.25) is 0 Å². The van der Waals surface area contributed by atoms with Crippen LogP contribution in [0.4, 0.5) is 0 Å². The van der Waals surface area contributed by atoms with E-state index in [0.717, 1.165) is 11.8 Å². The van der Waals surface area contributed by atoms with E-state index in [1.54, 1.807) is 0 Å². The molecule has 2 aromatic rings. The predicted molar refractivity (Wildman–Crippen MR) is 61.1 cm³/mol. The molecule has 15 heavy (non-hydrogen) atoms. The molecule has 0 atom stereocenters. The summed E-state index contributed by atoms with van der Waals surface area (Å²) in [6.45, 7) is 2.18. The zero-order chi connectivity index (χ0) is 10.7. The molecular formula is C13H14O2. The molecule has 0 N–H and O–H groups in total. The van der Waals surface area contributed by atoms with E-state index in [4.69, 9.17) is 4.42 Å². The molecule has 0 bridgehead atoms. The molecule has 2 heteroatoms. The minimum absolute atomic E-state index is 0.288. The van der Waals surface area contributed by atoms with Crippen LogP contribution in [0.15, 0.2) is 39.5 Å². The van der Waals surface area contributed by atoms with Crippen molar-refractivity contribution >= 4 is 11.0 Å². The molecule has 78 valence electrons. The highest BCUT2D eigenvalue weighted by atomic mass is 16.4. The zero-order valence-corrected chi connectivity index (χ0v) is 8.82. The average Bonchev–Trinajstić information content (AvgIpc) is 2.26. The van der Waals surface area contributed by atoms with Crippen molar-refractivity contribution < 1.29 is 4.42 Å². The predicted octanol–water partition coefficient (Wildman–Crippen LogP) is 3.14. The minimum Gasteiger partial charge on any atom is -0.423 e. The second-order valence-electron chi connectivity index (χ2n) is 3.73. The molecule has 0 aliphatic rings. The van der Waals surface area contributed by atoms with Crippen molar-refractivity contribution in [3.8, 4) is 0 Å². The van der Waals surface area contributed by atoms with Gasteiger partial charge in [0, 0.05) is 11.5 Å². The fraction of sp³-hybridized carbons (Fsp3) is 0.308. The highest BCUT2D eigenvalue weighted by Crippen LogP contribution is 2.15. The topological polar surface area (TPSA) is 30.2 Å². The Hall–Kier alpha value is -1.57. The van der Waals surface area contributed by atoms with Gasteiger partial charge in [0.1, 0.15) is 5.58 Å². The van der Waals surface area contributed by atoms with Gasteiger partial charge in [0.05, 0.1) is 0 Å². The molecule has 0 saturated heterocycles. The summed E-state index contributed by atoms with van der Waals surface area (Å²) >= 11 is 0. The molecule has 0 spiro atoms. The number of rotatable bonds is 3. The number of hydrogen-bond acceptors (Lipinski definition) is 2. The molecule has 1 aromatic carbocycles. The molecule has 0 aliphatic carbocycles. The molecular weight excluding hydrogens is 188 g/mol. The van der Waals surface area contributed by atoms with Crippen molar-refractivity contribution in [3.63, 3.8) is 0 Å². The molecule has 0 amide bonds. The molecule has 0 radical (unpaired) electrons. The lowest BCUT2D eigenvalue weighted by Gasteiger charge is -2.01. The van der Waals surface area contributed by atoms with Crippen LogP contribution in [0.2, 0.25) is 0 Å². The van der Waals surface area contributed by atoms with Crippen LogP contribution in [-0.2, 0) is 6.42 Å². The molecule has 0 fully saturated rings. The summed E-state index contributed by atoms with van der Waals surface area (Å²) in [4.78, 5) is 11.0. The summed E-state index contributed by atoms with van der Waals surface area (Å²) in [5.74, 6) is 0. The maximum atomic E-state index is 11.0. The number of hydrogen-bond donors (Lipinski definition) is 0. The van der Waals surface area contributed by atoms with Crippen molar-refractivity contribution in [2.45, 2.75) is 26.2 Å². The fourth-order valence-electron chi connectivity index (χ4n) is 1.66. The van der Waals surface area contributed by atoms with E-state index in [0.29, 0.717) is 5.58 Å². The Bertz CT molecular complexity index is 511. The third-order valence-electron chi connectivity index (χ3n) is 2.50. The van der Waals surface area contributed by atoms with Crippen LogP contribution in [0.1, 0.15) is 25.3 Å². The van der Waals surface area contributed by atoms with E-state index in [-0.39, 0.29) is 5.63 Å². The van der Waals surface area contributed by atoms with Gasteiger partial charge in [0.25, 0.3) is 0 Å². The van der Waals surface area contributed by atoms with Crippen LogP contribution >= 0.6 is 0 Å². The quantitative estimate of drug-likeness (QED) is 0.716. The van der Waals surface area contributed by atoms with E-state index in [1.165, 1.54) is 24.5 Å². The highest BCUT2D eigenvalue weighted by molar-refractivity contribution is 5.76. The normalized spacial score (nSPS) is 10.7. The van der Waals surface area contributed by atoms with Crippen molar-refractivity contribution in [2.75, 3.05) is 0 Å². The van der Waals surface area contributed by atoms with Gasteiger partial charge in [-0.3, -0.25) is 0 Å². The lowest BCUT2D eigenvalue weighted by atomic mass is 10.1. The average molecular weight is 202 g/mol. The third-order valence-corrected chi connectivity index (χ3v) is 2.50. The standard InChI is InChI=1S/C13H14O2/c1-2-3-4-10-5-7-12-11(9-10)6-8-13(14)15-12/h5-9H,2-4H2,1H3. The van der Waals surface area contributed by atoms with Crippen LogP contribution in [0.3, 0.4) is 0 Å². The first kappa shape index (κ1) is 9.97. The van der Waals surface area contributed by atoms with Gasteiger partial charge in [0.15, 0.2) is 0 Å². The smallest absolute Gasteiger partial charge is 0.336 e. The first-order valence-corrected chi connectivity index (χ1v) is 5.32. The largest absolute Gasteiger partial charge is 0.423 e. The van der Waals surface area contributed by atoms with E-state index >= 15 is 0 Å². The maximum absolute atomic E-state index is 11.0. The number of unbranched alkanes of at least 4 members (excludes halogenated alkanes) is 1. The van der Waals surface area contributed by atoms with Gasteiger partial charge >= 0.3 is 5.63 Å². The fourth-order valence-corrected chi connectivity index (χ4v) is 1.66. The van der Waals surface area contributed by atoms with Gasteiger partial charge in [-0.2, -0.15) is 0 Å². The summed E-state index contributed by atoms with van der Waals surface area (Å²) in [6.07, 6.45) is 3.48. The molecule has 0 aliphatic heterocycles. The van der Waals surface area contributed by atoms with Crippen LogP contribution in [0.5, 0.6) is 0 Å². The van der Waals surface area contributed by atoms with Crippen molar-refractivity contribution in [1.82, 2.24) is 0 Å². The third kappa shape index (κ3) is 2.27. The molecule has 1 aromatic heterocycles. The number of aryl methyl sites for hydroxylation is 1. The highest BCUT2D eigenvalue weighted by Gasteiger charge is 1.98. The van der Waals surface area contributed by atoms with Gasteiger partial charge < -0.3 is 4.42 Å². The second kappa shape index (κ2) is 4.30. The van der Waals surface area contributed by atoms with Gasteiger partial charge in [-0.15, -0.1) is 0 Å². The zero-order valence-electron chi connectivity index (χ0n) is 8.82. The van der Waals surface area contributed by atoms with Crippen LogP contribution in [0.25, 0.3) is 11.0 Å². The van der Waals surface area contributed by atoms with E-state index in [2.05, 4.69) is 13.0 Å². The Kier molecular flexibility index (Phi) is 2.86. The number of fused-ring (bicyclic) bond motifs is 1. The Morgan fingerprint density at radius 3 is 2.87 bits per heavy atom. The van der Waals surface area contributed by atoms with Crippen molar-refractivity contribution in [2.24, 2.45) is 0 Å². The lowest BCUT2D eigenvalue weighted by Crippen LogP contribution is -1.94. The maximum Gasteiger partial charge on any atom is 0.336 e. The van der Waals surface area contributed by atoms with Crippen LogP contribution in [-0.4, -0.2) is 0 Å². The lowest BCUT2D eigenvalue weighted by molar-refractivity contribution is 0.561. The van der Waals surface area contributed by atoms with Gasteiger partial charge in [-0.25, -0.2) is 4.79 Å².